The number of hydrogen-bond acceptors (Lipinski definition) is 21. The minimum Gasteiger partial charge on any atom is -0.459 e. The first-order chi connectivity index (χ1) is 51.6. The summed E-state index contributed by atoms with van der Waals surface area (Å²) in [6.45, 7) is 39.5. The molecule has 14 atom stereocenters. The van der Waals surface area contributed by atoms with Crippen molar-refractivity contribution in [3.05, 3.63) is 0 Å². The predicted octanol–water partition coefficient (Wildman–Crippen LogP) is 24.1. The van der Waals surface area contributed by atoms with E-state index in [1.807, 2.05) is 118 Å². The molecule has 6 heterocycles. The molecule has 13 aliphatic carbocycles. The Labute approximate surface area is 752 Å². The summed E-state index contributed by atoms with van der Waals surface area (Å²) in [5, 5.41) is 21.3. The van der Waals surface area contributed by atoms with E-state index >= 15 is 0 Å². The van der Waals surface area contributed by atoms with Crippen LogP contribution in [0.15, 0.2) is 0 Å². The van der Waals surface area contributed by atoms with Gasteiger partial charge in [0.05, 0.1) is 73.8 Å². The first-order valence-electron chi connectivity index (χ1n) is 43.7. The molecule has 16 bridgehead atoms. The van der Waals surface area contributed by atoms with Gasteiger partial charge in [0.25, 0.3) is 0 Å². The van der Waals surface area contributed by atoms with Crippen LogP contribution in [0.4, 0.5) is 0 Å². The Kier molecular flexibility index (Phi) is 44.0. The molecule has 6 saturated heterocycles. The Hall–Kier alpha value is -4.44. The van der Waals surface area contributed by atoms with Crippen molar-refractivity contribution in [3.63, 3.8) is 0 Å². The average molecular weight is 1750 g/mol. The van der Waals surface area contributed by atoms with Crippen molar-refractivity contribution in [2.24, 2.45) is 91.2 Å². The van der Waals surface area contributed by atoms with Crippen LogP contribution >= 0.6 is 0 Å². The topological polar surface area (TPSA) is 279 Å². The second kappa shape index (κ2) is 44.9. The van der Waals surface area contributed by atoms with Crippen molar-refractivity contribution in [1.82, 2.24) is 0 Å². The van der Waals surface area contributed by atoms with Gasteiger partial charge in [-0.3, -0.25) is 38.4 Å². The molecular weight excluding hydrogens is 1560 g/mol. The fourth-order valence-corrected chi connectivity index (χ4v) is 22.3. The Morgan fingerprint density at radius 2 is 0.659 bits per heavy atom. The zero-order valence-corrected chi connectivity index (χ0v) is 71.7. The molecule has 0 aromatic rings. The summed E-state index contributed by atoms with van der Waals surface area (Å²) in [6.07, 6.45) is 29.2. The van der Waals surface area contributed by atoms with Crippen LogP contribution < -0.4 is 0 Å². The molecule has 21 nitrogen and oxygen atoms in total. The van der Waals surface area contributed by atoms with Gasteiger partial charge in [0.1, 0.15) is 29.0 Å². The Bertz CT molecular complexity index is 3160. The molecule has 726 valence electrons. The van der Waals surface area contributed by atoms with Crippen molar-refractivity contribution >= 4 is 47.8 Å². The summed E-state index contributed by atoms with van der Waals surface area (Å²) in [5.41, 5.74) is -4.49. The van der Waals surface area contributed by atoms with E-state index in [9.17, 15) is 48.6 Å². The van der Waals surface area contributed by atoms with Crippen LogP contribution in [0.5, 0.6) is 0 Å². The molecule has 0 radical (unpaired) electrons. The van der Waals surface area contributed by atoms with Crippen molar-refractivity contribution in [1.29, 1.82) is 0 Å². The van der Waals surface area contributed by atoms with Crippen LogP contribution in [-0.4, -0.2) is 148 Å². The fourth-order valence-electron chi connectivity index (χ4n) is 22.3. The zero-order chi connectivity index (χ0) is 81.4. The lowest BCUT2D eigenvalue weighted by Gasteiger charge is -2.61. The van der Waals surface area contributed by atoms with Gasteiger partial charge < -0.3 is 62.3 Å². The van der Waals surface area contributed by atoms with Gasteiger partial charge in [0.2, 0.25) is 0 Å². The molecule has 123 heavy (non-hydrogen) atoms. The zero-order valence-electron chi connectivity index (χ0n) is 71.7. The summed E-state index contributed by atoms with van der Waals surface area (Å²) >= 11 is 0. The SMILES string of the molecule is C.C.C.C.C.C.C.C.C.C.C.C.CCC(C)(C)C(=O)OC(C)(C)C12CC3CC(CC(C3)C1)C2.CCC(C)(C)C(=O)OC12CC3CC(CC(O)(C3)C1)C2.CCC(C)(C)C(=O)OC12CC3CC(CC(O)(C3)C1)C2.CCC(C)(C)C(=O)OC1C2CC3C(=O)OC1C3O2.CCC(C)(C)C(=O)OC1C2CC3C(=O)OC1C3O2.CCC(C)(C)C(=O)OCOC1CCCCC1. The first kappa shape index (κ1) is 121. The van der Waals surface area contributed by atoms with Gasteiger partial charge in [-0.1, -0.05) is 150 Å². The summed E-state index contributed by atoms with van der Waals surface area (Å²) in [4.78, 5) is 96.2. The van der Waals surface area contributed by atoms with Crippen LogP contribution in [0, 0.1) is 91.2 Å². The number of carbonyl (C=O) groups excluding carboxylic acids is 8. The second-order valence-electron chi connectivity index (χ2n) is 42.5. The number of rotatable bonds is 21. The second-order valence-corrected chi connectivity index (χ2v) is 42.5. The lowest BCUT2D eigenvalue weighted by Crippen LogP contribution is -2.61. The molecule has 19 rings (SSSR count). The monoisotopic (exact) mass is 1750 g/mol. The number of fused-ring (bicyclic) bond motifs is 2. The first-order valence-corrected chi connectivity index (χ1v) is 43.7. The molecule has 2 N–H and O–H groups in total. The predicted molar refractivity (Wildman–Crippen MR) is 495 cm³/mol. The van der Waals surface area contributed by atoms with E-state index in [2.05, 4.69) is 20.8 Å². The Morgan fingerprint density at radius 3 is 0.967 bits per heavy atom. The normalized spacial score (nSPS) is 34.7. The molecule has 0 spiro atoms. The fraction of sp³-hybridized carbons (Fsp3) is 0.922. The van der Waals surface area contributed by atoms with Crippen LogP contribution in [0.1, 0.15) is 427 Å². The van der Waals surface area contributed by atoms with E-state index in [1.54, 1.807) is 0 Å². The van der Waals surface area contributed by atoms with Gasteiger partial charge in [0.15, 0.2) is 31.2 Å². The molecular formula is C102H192O21. The minimum atomic E-state index is -0.555. The highest BCUT2D eigenvalue weighted by atomic mass is 16.7. The van der Waals surface area contributed by atoms with E-state index in [4.69, 9.17) is 52.1 Å². The highest BCUT2D eigenvalue weighted by Gasteiger charge is 2.68. The van der Waals surface area contributed by atoms with E-state index in [-0.39, 0.29) is 208 Å². The maximum atomic E-state index is 12.6. The van der Waals surface area contributed by atoms with Crippen molar-refractivity contribution in [2.75, 3.05) is 6.79 Å². The summed E-state index contributed by atoms with van der Waals surface area (Å²) in [5.74, 6) is 3.40. The number of ether oxygens (including phenoxy) is 11. The molecule has 14 unspecified atom stereocenters. The smallest absolute Gasteiger partial charge is 0.313 e. The van der Waals surface area contributed by atoms with E-state index < -0.39 is 62.7 Å². The van der Waals surface area contributed by atoms with E-state index in [0.717, 1.165) is 108 Å². The third-order valence-electron chi connectivity index (χ3n) is 31.0. The van der Waals surface area contributed by atoms with Crippen LogP contribution in [0.3, 0.4) is 0 Å². The third kappa shape index (κ3) is 25.8. The van der Waals surface area contributed by atoms with Crippen molar-refractivity contribution in [2.45, 2.75) is 510 Å². The number of hydrogen-bond donors (Lipinski definition) is 2. The standard InChI is InChI=1S/C19H32O2.2C16H26O3.2C13H18O5.C13H24O3.12CH4/c1-6-17(2,3)16(20)21-18(4,5)19-10-13-7-14(11-19)9-15(8-13)12-19;2*1-4-14(2,3)13(17)19-16-8-11-5-12(9-16)7-15(18,6-11)10-16;2*1-4-13(2,3)12(15)18-9-7-5-6-8(16-7)10(9)17-11(6)14;1-4-13(2,3)12(14)16-10-15-11-8-6-5-7-9-11;;;;;;;;;;;;/h13-15H,6-12H2,1-5H3;2*11-12,18H,4-10H2,1-3H3;2*6-10H,4-5H2,1-3H3;11H,4-10H2,1-3H3;12*1H4. The number of esters is 8. The van der Waals surface area contributed by atoms with Gasteiger partial charge in [-0.05, 0) is 305 Å². The van der Waals surface area contributed by atoms with Crippen molar-refractivity contribution < 1.29 is 101 Å². The molecule has 0 amide bonds. The van der Waals surface area contributed by atoms with Gasteiger partial charge >= 0.3 is 47.8 Å². The highest BCUT2D eigenvalue weighted by molar-refractivity contribution is 5.81. The van der Waals surface area contributed by atoms with E-state index in [0.29, 0.717) is 68.3 Å². The van der Waals surface area contributed by atoms with Crippen molar-refractivity contribution in [3.8, 4) is 0 Å². The quantitative estimate of drug-likeness (QED) is 0.0613. The van der Waals surface area contributed by atoms with Crippen LogP contribution in [0.25, 0.3) is 0 Å². The molecule has 13 saturated carbocycles. The Morgan fingerprint density at radius 1 is 0.366 bits per heavy atom. The largest absolute Gasteiger partial charge is 0.459 e. The molecule has 19 aliphatic rings. The minimum absolute atomic E-state index is 0. The lowest BCUT2D eigenvalue weighted by atomic mass is 9.46. The van der Waals surface area contributed by atoms with E-state index in [1.165, 1.54) is 70.6 Å². The van der Waals surface area contributed by atoms with Crippen LogP contribution in [-0.2, 0) is 90.5 Å². The van der Waals surface area contributed by atoms with Crippen LogP contribution in [0.2, 0.25) is 0 Å². The van der Waals surface area contributed by atoms with Gasteiger partial charge in [0, 0.05) is 18.3 Å². The molecule has 19 fully saturated rings. The highest BCUT2D eigenvalue weighted by Crippen LogP contribution is 2.66. The van der Waals surface area contributed by atoms with Gasteiger partial charge in [-0.25, -0.2) is 0 Å². The lowest BCUT2D eigenvalue weighted by molar-refractivity contribution is -0.226. The average Bonchev–Trinajstić information content (AvgIpc) is 1.62. The molecule has 0 aromatic heterocycles. The maximum absolute atomic E-state index is 12.6. The molecule has 21 heteroatoms. The number of aliphatic hydroxyl groups is 2. The molecule has 0 aromatic carbocycles. The third-order valence-corrected chi connectivity index (χ3v) is 31.0. The van der Waals surface area contributed by atoms with Gasteiger partial charge in [-0.15, -0.1) is 0 Å². The summed E-state index contributed by atoms with van der Waals surface area (Å²) < 4.78 is 61.7. The maximum Gasteiger partial charge on any atom is 0.313 e. The summed E-state index contributed by atoms with van der Waals surface area (Å²) in [7, 11) is 0. The molecule has 6 aliphatic heterocycles. The number of carbonyl (C=O) groups is 8. The van der Waals surface area contributed by atoms with Gasteiger partial charge in [-0.2, -0.15) is 0 Å². The Balaban J connectivity index is 0. The summed E-state index contributed by atoms with van der Waals surface area (Å²) in [6, 6.07) is 0.